The van der Waals surface area contributed by atoms with Gasteiger partial charge in [-0.1, -0.05) is 23.2 Å². The number of halogens is 2. The molecule has 0 spiro atoms. The van der Waals surface area contributed by atoms with Crippen molar-refractivity contribution in [1.29, 1.82) is 0 Å². The molecule has 1 aromatic rings. The van der Waals surface area contributed by atoms with Gasteiger partial charge in [0.1, 0.15) is 6.04 Å². The lowest BCUT2D eigenvalue weighted by Crippen LogP contribution is -2.45. The fourth-order valence-corrected chi connectivity index (χ4v) is 1.80. The number of ether oxygens (including phenoxy) is 1. The van der Waals surface area contributed by atoms with E-state index in [1.54, 1.807) is 32.0 Å². The average Bonchev–Trinajstić information content (AvgIpc) is 2.26. The number of anilines is 1. The second kappa shape index (κ2) is 6.10. The number of hydrogen-bond donors (Lipinski definition) is 1. The highest BCUT2D eigenvalue weighted by Crippen LogP contribution is 2.25. The van der Waals surface area contributed by atoms with Crippen LogP contribution in [0.1, 0.15) is 13.8 Å². The highest BCUT2D eigenvalue weighted by molar-refractivity contribution is 6.35. The van der Waals surface area contributed by atoms with Crippen LogP contribution in [-0.2, 0) is 9.53 Å². The van der Waals surface area contributed by atoms with Crippen molar-refractivity contribution in [2.75, 3.05) is 11.6 Å². The molecule has 4 nitrogen and oxygen atoms in total. The molecule has 0 bridgehead atoms. The Balaban J connectivity index is 2.87. The van der Waals surface area contributed by atoms with Crippen molar-refractivity contribution in [2.45, 2.75) is 19.9 Å². The van der Waals surface area contributed by atoms with Crippen molar-refractivity contribution in [3.63, 3.8) is 0 Å². The number of carbonyl (C=O) groups is 1. The average molecular weight is 277 g/mol. The molecule has 0 fully saturated rings. The molecule has 1 aromatic carbocycles. The van der Waals surface area contributed by atoms with Crippen molar-refractivity contribution in [2.24, 2.45) is 5.84 Å². The Morgan fingerprint density at radius 1 is 1.41 bits per heavy atom. The van der Waals surface area contributed by atoms with Gasteiger partial charge in [0.2, 0.25) is 0 Å². The Bertz CT molecular complexity index is 392. The molecule has 0 saturated heterocycles. The van der Waals surface area contributed by atoms with Crippen molar-refractivity contribution >= 4 is 34.9 Å². The highest BCUT2D eigenvalue weighted by atomic mass is 35.5. The predicted molar refractivity (Wildman–Crippen MR) is 69.2 cm³/mol. The fourth-order valence-electron chi connectivity index (χ4n) is 1.29. The molecule has 0 aromatic heterocycles. The quantitative estimate of drug-likeness (QED) is 0.522. The summed E-state index contributed by atoms with van der Waals surface area (Å²) in [6.07, 6.45) is 0. The summed E-state index contributed by atoms with van der Waals surface area (Å²) in [5.74, 6) is 5.43. The lowest BCUT2D eigenvalue weighted by molar-refractivity contribution is -0.144. The van der Waals surface area contributed by atoms with E-state index in [1.165, 1.54) is 5.01 Å². The van der Waals surface area contributed by atoms with E-state index in [1.807, 2.05) is 0 Å². The van der Waals surface area contributed by atoms with Crippen LogP contribution >= 0.6 is 23.2 Å². The number of hydrazine groups is 1. The Morgan fingerprint density at radius 2 is 1.94 bits per heavy atom. The van der Waals surface area contributed by atoms with Crippen LogP contribution in [0.25, 0.3) is 0 Å². The van der Waals surface area contributed by atoms with E-state index in [2.05, 4.69) is 0 Å². The van der Waals surface area contributed by atoms with Crippen LogP contribution < -0.4 is 10.9 Å². The molecule has 0 radical (unpaired) electrons. The Labute approximate surface area is 110 Å². The van der Waals surface area contributed by atoms with E-state index in [0.29, 0.717) is 22.3 Å². The molecule has 0 heterocycles. The number of esters is 1. The normalized spacial score (nSPS) is 12.1. The molecule has 94 valence electrons. The van der Waals surface area contributed by atoms with Gasteiger partial charge >= 0.3 is 5.97 Å². The molecule has 0 amide bonds. The topological polar surface area (TPSA) is 55.6 Å². The molecule has 1 unspecified atom stereocenters. The predicted octanol–water partition coefficient (Wildman–Crippen LogP) is 2.63. The molecule has 1 atom stereocenters. The van der Waals surface area contributed by atoms with Gasteiger partial charge in [-0.2, -0.15) is 0 Å². The summed E-state index contributed by atoms with van der Waals surface area (Å²) in [4.78, 5) is 11.5. The molecule has 6 heteroatoms. The van der Waals surface area contributed by atoms with Crippen molar-refractivity contribution in [1.82, 2.24) is 0 Å². The first-order chi connectivity index (χ1) is 7.95. The summed E-state index contributed by atoms with van der Waals surface area (Å²) in [5, 5.41) is 2.19. The molecule has 2 N–H and O–H groups in total. The van der Waals surface area contributed by atoms with Gasteiger partial charge in [0.25, 0.3) is 0 Å². The third-order valence-corrected chi connectivity index (χ3v) is 2.63. The molecular weight excluding hydrogens is 263 g/mol. The molecule has 0 saturated carbocycles. The zero-order valence-corrected chi connectivity index (χ0v) is 11.1. The number of hydrogen-bond acceptors (Lipinski definition) is 4. The first-order valence-electron chi connectivity index (χ1n) is 5.12. The van der Waals surface area contributed by atoms with Crippen LogP contribution in [0.5, 0.6) is 0 Å². The number of nitrogens with zero attached hydrogens (tertiary/aromatic N) is 1. The van der Waals surface area contributed by atoms with Crippen LogP contribution in [-0.4, -0.2) is 18.6 Å². The second-order valence-electron chi connectivity index (χ2n) is 3.46. The van der Waals surface area contributed by atoms with E-state index in [9.17, 15) is 4.79 Å². The van der Waals surface area contributed by atoms with Crippen LogP contribution in [0, 0.1) is 0 Å². The summed E-state index contributed by atoms with van der Waals surface area (Å²) in [5.41, 5.74) is 0.558. The van der Waals surface area contributed by atoms with E-state index in [-0.39, 0.29) is 0 Å². The van der Waals surface area contributed by atoms with Gasteiger partial charge in [-0.25, -0.2) is 10.6 Å². The lowest BCUT2D eigenvalue weighted by atomic mass is 10.2. The Hall–Kier alpha value is -0.970. The smallest absolute Gasteiger partial charge is 0.330 e. The van der Waals surface area contributed by atoms with Gasteiger partial charge in [-0.15, -0.1) is 0 Å². The van der Waals surface area contributed by atoms with Crippen LogP contribution in [0.2, 0.25) is 10.0 Å². The molecule has 0 aliphatic rings. The number of carbonyl (C=O) groups excluding carboxylic acids is 1. The summed E-state index contributed by atoms with van der Waals surface area (Å²) < 4.78 is 4.88. The van der Waals surface area contributed by atoms with Crippen molar-refractivity contribution in [3.05, 3.63) is 28.2 Å². The Morgan fingerprint density at radius 3 is 2.41 bits per heavy atom. The van der Waals surface area contributed by atoms with E-state index < -0.39 is 12.0 Å². The zero-order valence-electron chi connectivity index (χ0n) is 9.61. The highest BCUT2D eigenvalue weighted by Gasteiger charge is 2.20. The molecular formula is C11H14Cl2N2O2. The minimum absolute atomic E-state index is 0.313. The lowest BCUT2D eigenvalue weighted by Gasteiger charge is -2.24. The first kappa shape index (κ1) is 14.1. The Kier molecular flexibility index (Phi) is 5.05. The second-order valence-corrected chi connectivity index (χ2v) is 4.34. The monoisotopic (exact) mass is 276 g/mol. The van der Waals surface area contributed by atoms with Gasteiger partial charge in [0, 0.05) is 10.0 Å². The molecule has 1 rings (SSSR count). The van der Waals surface area contributed by atoms with Gasteiger partial charge in [-0.05, 0) is 32.0 Å². The maximum absolute atomic E-state index is 11.5. The summed E-state index contributed by atoms with van der Waals surface area (Å²) in [6, 6.07) is 4.24. The van der Waals surface area contributed by atoms with Crippen LogP contribution in [0.15, 0.2) is 18.2 Å². The summed E-state index contributed by atoms with van der Waals surface area (Å²) >= 11 is 11.7. The van der Waals surface area contributed by atoms with E-state index in [4.69, 9.17) is 33.8 Å². The van der Waals surface area contributed by atoms with Crippen molar-refractivity contribution in [3.8, 4) is 0 Å². The number of benzene rings is 1. The van der Waals surface area contributed by atoms with Crippen LogP contribution in [0.4, 0.5) is 5.69 Å². The number of rotatable bonds is 4. The van der Waals surface area contributed by atoms with Gasteiger partial charge in [-0.3, -0.25) is 5.01 Å². The van der Waals surface area contributed by atoms with Gasteiger partial charge < -0.3 is 4.74 Å². The van der Waals surface area contributed by atoms with Crippen LogP contribution in [0.3, 0.4) is 0 Å². The maximum atomic E-state index is 11.5. The van der Waals surface area contributed by atoms with Gasteiger partial charge in [0.05, 0.1) is 12.3 Å². The standard InChI is InChI=1S/C11H14Cl2N2O2/c1-3-17-11(16)7(2)15(14)10-5-8(12)4-9(13)6-10/h4-7H,3,14H2,1-2H3. The molecule has 0 aliphatic carbocycles. The number of nitrogens with two attached hydrogens (primary N) is 1. The minimum Gasteiger partial charge on any atom is -0.464 e. The first-order valence-corrected chi connectivity index (χ1v) is 5.88. The van der Waals surface area contributed by atoms with Gasteiger partial charge in [0.15, 0.2) is 0 Å². The SMILES string of the molecule is CCOC(=O)C(C)N(N)c1cc(Cl)cc(Cl)c1. The van der Waals surface area contributed by atoms with E-state index in [0.717, 1.165) is 0 Å². The van der Waals surface area contributed by atoms with E-state index >= 15 is 0 Å². The maximum Gasteiger partial charge on any atom is 0.330 e. The summed E-state index contributed by atoms with van der Waals surface area (Å²) in [6.45, 7) is 3.70. The summed E-state index contributed by atoms with van der Waals surface area (Å²) in [7, 11) is 0. The molecule has 0 aliphatic heterocycles. The fraction of sp³-hybridized carbons (Fsp3) is 0.364. The molecule has 17 heavy (non-hydrogen) atoms. The third-order valence-electron chi connectivity index (χ3n) is 2.19. The zero-order chi connectivity index (χ0) is 13.0. The van der Waals surface area contributed by atoms with Crippen molar-refractivity contribution < 1.29 is 9.53 Å². The minimum atomic E-state index is -0.607. The largest absolute Gasteiger partial charge is 0.464 e. The third kappa shape index (κ3) is 3.77.